The van der Waals surface area contributed by atoms with E-state index < -0.39 is 10.2 Å². The lowest BCUT2D eigenvalue weighted by Crippen LogP contribution is -2.33. The normalized spacial score (nSPS) is 11.3. The average molecular weight is 251 g/mol. The third kappa shape index (κ3) is 4.98. The van der Waals surface area contributed by atoms with Crippen LogP contribution in [0.2, 0.25) is 5.02 Å². The summed E-state index contributed by atoms with van der Waals surface area (Å²) in [5.74, 6) is 0.510. The van der Waals surface area contributed by atoms with Gasteiger partial charge in [-0.1, -0.05) is 23.7 Å². The molecule has 0 spiro atoms. The molecule has 1 aromatic rings. The van der Waals surface area contributed by atoms with Crippen LogP contribution in [0, 0.1) is 0 Å². The first kappa shape index (κ1) is 12.3. The minimum atomic E-state index is -3.65. The highest BCUT2D eigenvalue weighted by Gasteiger charge is 2.01. The molecule has 0 aliphatic carbocycles. The molecule has 15 heavy (non-hydrogen) atoms. The number of nitrogens with one attached hydrogen (secondary N) is 1. The average Bonchev–Trinajstić information content (AvgIpc) is 2.13. The van der Waals surface area contributed by atoms with E-state index in [1.54, 1.807) is 24.3 Å². The van der Waals surface area contributed by atoms with E-state index in [-0.39, 0.29) is 13.2 Å². The van der Waals surface area contributed by atoms with E-state index in [0.29, 0.717) is 10.8 Å². The molecule has 1 aromatic carbocycles. The summed E-state index contributed by atoms with van der Waals surface area (Å²) >= 11 is 5.80. The zero-order valence-corrected chi connectivity index (χ0v) is 9.38. The number of ether oxygens (including phenoxy) is 1. The quantitative estimate of drug-likeness (QED) is 0.748. The second-order valence-corrected chi connectivity index (χ2v) is 4.50. The molecule has 0 unspecified atom stereocenters. The summed E-state index contributed by atoms with van der Waals surface area (Å²) in [6, 6.07) is 6.93. The van der Waals surface area contributed by atoms with Gasteiger partial charge >= 0.3 is 0 Å². The van der Waals surface area contributed by atoms with Crippen molar-refractivity contribution in [1.29, 1.82) is 0 Å². The van der Waals surface area contributed by atoms with E-state index in [9.17, 15) is 8.42 Å². The second kappa shape index (κ2) is 5.32. The number of rotatable bonds is 5. The fourth-order valence-electron chi connectivity index (χ4n) is 0.907. The van der Waals surface area contributed by atoms with Crippen LogP contribution >= 0.6 is 11.6 Å². The topological polar surface area (TPSA) is 81.4 Å². The van der Waals surface area contributed by atoms with Crippen LogP contribution in [0.5, 0.6) is 5.75 Å². The van der Waals surface area contributed by atoms with E-state index in [4.69, 9.17) is 21.5 Å². The lowest BCUT2D eigenvalue weighted by atomic mass is 10.3. The third-order valence-electron chi connectivity index (χ3n) is 1.50. The van der Waals surface area contributed by atoms with Crippen LogP contribution in [-0.4, -0.2) is 21.6 Å². The van der Waals surface area contributed by atoms with E-state index >= 15 is 0 Å². The van der Waals surface area contributed by atoms with Crippen molar-refractivity contribution >= 4 is 21.8 Å². The van der Waals surface area contributed by atoms with Gasteiger partial charge in [-0.3, -0.25) is 0 Å². The molecule has 0 atom stereocenters. The Hall–Kier alpha value is -0.820. The minimum absolute atomic E-state index is 0.101. The molecular formula is C8H11ClN2O3S. The van der Waals surface area contributed by atoms with Gasteiger partial charge in [-0.2, -0.15) is 13.1 Å². The Kier molecular flexibility index (Phi) is 4.34. The van der Waals surface area contributed by atoms with Crippen molar-refractivity contribution in [2.75, 3.05) is 13.2 Å². The summed E-state index contributed by atoms with van der Waals surface area (Å²) in [5.41, 5.74) is 0. The molecule has 0 saturated carbocycles. The molecule has 0 heterocycles. The molecule has 3 N–H and O–H groups in total. The summed E-state index contributed by atoms with van der Waals surface area (Å²) in [5, 5.41) is 5.20. The first-order chi connectivity index (χ1) is 6.99. The molecule has 0 radical (unpaired) electrons. The van der Waals surface area contributed by atoms with Crippen LogP contribution in [0.1, 0.15) is 0 Å². The van der Waals surface area contributed by atoms with Gasteiger partial charge in [0.25, 0.3) is 10.2 Å². The van der Waals surface area contributed by atoms with Gasteiger partial charge in [0.05, 0.1) is 5.02 Å². The smallest absolute Gasteiger partial charge is 0.274 e. The fourth-order valence-corrected chi connectivity index (χ4v) is 1.46. The van der Waals surface area contributed by atoms with Crippen LogP contribution in [-0.2, 0) is 10.2 Å². The minimum Gasteiger partial charge on any atom is -0.491 e. The summed E-state index contributed by atoms with van der Waals surface area (Å²) in [6.07, 6.45) is 0. The maximum atomic E-state index is 10.5. The zero-order valence-electron chi connectivity index (χ0n) is 7.81. The summed E-state index contributed by atoms with van der Waals surface area (Å²) in [7, 11) is -3.65. The summed E-state index contributed by atoms with van der Waals surface area (Å²) in [4.78, 5) is 0. The first-order valence-electron chi connectivity index (χ1n) is 4.14. The second-order valence-electron chi connectivity index (χ2n) is 2.72. The number of halogens is 1. The van der Waals surface area contributed by atoms with Gasteiger partial charge in [0.15, 0.2) is 0 Å². The molecule has 0 amide bonds. The van der Waals surface area contributed by atoms with E-state index in [1.807, 2.05) is 0 Å². The van der Waals surface area contributed by atoms with Crippen molar-refractivity contribution in [2.24, 2.45) is 5.14 Å². The van der Waals surface area contributed by atoms with E-state index in [1.165, 1.54) is 0 Å². The Morgan fingerprint density at radius 3 is 2.67 bits per heavy atom. The van der Waals surface area contributed by atoms with Gasteiger partial charge in [-0.25, -0.2) is 5.14 Å². The van der Waals surface area contributed by atoms with Gasteiger partial charge in [0, 0.05) is 6.54 Å². The molecule has 0 aliphatic heterocycles. The SMILES string of the molecule is NS(=O)(=O)NCCOc1ccccc1Cl. The standard InChI is InChI=1S/C8H11ClN2O3S/c9-7-3-1-2-4-8(7)14-6-5-11-15(10,12)13/h1-4,11H,5-6H2,(H2,10,12,13). The Morgan fingerprint density at radius 2 is 2.07 bits per heavy atom. The molecule has 0 fully saturated rings. The molecule has 84 valence electrons. The Labute approximate surface area is 93.4 Å². The van der Waals surface area contributed by atoms with Crippen molar-refractivity contribution in [3.8, 4) is 5.75 Å². The Bertz CT molecular complexity index is 422. The van der Waals surface area contributed by atoms with E-state index in [0.717, 1.165) is 0 Å². The highest BCUT2D eigenvalue weighted by Crippen LogP contribution is 2.22. The van der Waals surface area contributed by atoms with Crippen molar-refractivity contribution in [3.63, 3.8) is 0 Å². The van der Waals surface area contributed by atoms with Crippen LogP contribution in [0.25, 0.3) is 0 Å². The summed E-state index contributed by atoms with van der Waals surface area (Å²) < 4.78 is 28.3. The molecule has 0 bridgehead atoms. The number of benzene rings is 1. The van der Waals surface area contributed by atoms with Gasteiger partial charge in [-0.15, -0.1) is 0 Å². The van der Waals surface area contributed by atoms with E-state index in [2.05, 4.69) is 4.72 Å². The molecule has 0 saturated heterocycles. The first-order valence-corrected chi connectivity index (χ1v) is 6.06. The summed E-state index contributed by atoms with van der Waals surface area (Å²) in [6.45, 7) is 0.268. The van der Waals surface area contributed by atoms with Crippen LogP contribution in [0.15, 0.2) is 24.3 Å². The third-order valence-corrected chi connectivity index (χ3v) is 2.42. The highest BCUT2D eigenvalue weighted by molar-refractivity contribution is 7.87. The number of nitrogens with two attached hydrogens (primary N) is 1. The highest BCUT2D eigenvalue weighted by atomic mass is 35.5. The van der Waals surface area contributed by atoms with Gasteiger partial charge in [0.2, 0.25) is 0 Å². The predicted octanol–water partition coefficient (Wildman–Crippen LogP) is 0.512. The maximum Gasteiger partial charge on any atom is 0.274 e. The van der Waals surface area contributed by atoms with Crippen molar-refractivity contribution in [2.45, 2.75) is 0 Å². The molecule has 5 nitrogen and oxygen atoms in total. The largest absolute Gasteiger partial charge is 0.491 e. The van der Waals surface area contributed by atoms with Crippen molar-refractivity contribution in [3.05, 3.63) is 29.3 Å². The van der Waals surface area contributed by atoms with Gasteiger partial charge in [-0.05, 0) is 12.1 Å². The molecule has 1 rings (SSSR count). The maximum absolute atomic E-state index is 10.5. The fraction of sp³-hybridized carbons (Fsp3) is 0.250. The van der Waals surface area contributed by atoms with Crippen LogP contribution < -0.4 is 14.6 Å². The molecular weight excluding hydrogens is 240 g/mol. The lowest BCUT2D eigenvalue weighted by molar-refractivity contribution is 0.323. The number of hydrogen-bond acceptors (Lipinski definition) is 3. The van der Waals surface area contributed by atoms with Gasteiger partial charge in [0.1, 0.15) is 12.4 Å². The molecule has 0 aliphatic rings. The lowest BCUT2D eigenvalue weighted by Gasteiger charge is -2.07. The number of para-hydroxylation sites is 1. The van der Waals surface area contributed by atoms with Crippen molar-refractivity contribution < 1.29 is 13.2 Å². The molecule has 7 heteroatoms. The van der Waals surface area contributed by atoms with Crippen LogP contribution in [0.4, 0.5) is 0 Å². The monoisotopic (exact) mass is 250 g/mol. The molecule has 0 aromatic heterocycles. The predicted molar refractivity (Wildman–Crippen MR) is 58.1 cm³/mol. The van der Waals surface area contributed by atoms with Crippen molar-refractivity contribution in [1.82, 2.24) is 4.72 Å². The Morgan fingerprint density at radius 1 is 1.40 bits per heavy atom. The van der Waals surface area contributed by atoms with Crippen LogP contribution in [0.3, 0.4) is 0 Å². The number of hydrogen-bond donors (Lipinski definition) is 2. The zero-order chi connectivity index (χ0) is 11.3. The Balaban J connectivity index is 2.36. The van der Waals surface area contributed by atoms with Gasteiger partial charge < -0.3 is 4.74 Å².